The molecule has 0 aliphatic carbocycles. The first-order chi connectivity index (χ1) is 8.66. The van der Waals surface area contributed by atoms with Crippen molar-refractivity contribution in [1.82, 2.24) is 19.1 Å². The molecule has 0 unspecified atom stereocenters. The SMILES string of the molecule is Cn1ccnc1SCC(=O)CSc1nccn1C. The minimum absolute atomic E-state index is 0.191. The van der Waals surface area contributed by atoms with Gasteiger partial charge in [-0.15, -0.1) is 0 Å². The Bertz CT molecular complexity index is 488. The molecule has 5 nitrogen and oxygen atoms in total. The molecule has 18 heavy (non-hydrogen) atoms. The van der Waals surface area contributed by atoms with Crippen molar-refractivity contribution >= 4 is 29.3 Å². The number of nitrogens with zero attached hydrogens (tertiary/aromatic N) is 4. The number of hydrogen-bond donors (Lipinski definition) is 0. The molecule has 7 heteroatoms. The van der Waals surface area contributed by atoms with Crippen LogP contribution in [0, 0.1) is 0 Å². The van der Waals surface area contributed by atoms with Gasteiger partial charge in [-0.3, -0.25) is 4.79 Å². The van der Waals surface area contributed by atoms with Crippen molar-refractivity contribution in [2.24, 2.45) is 14.1 Å². The summed E-state index contributed by atoms with van der Waals surface area (Å²) in [6.07, 6.45) is 7.20. The number of carbonyl (C=O) groups excluding carboxylic acids is 1. The second-order valence-corrected chi connectivity index (χ2v) is 5.64. The maximum atomic E-state index is 11.7. The lowest BCUT2D eigenvalue weighted by Gasteiger charge is -2.02. The molecule has 2 rings (SSSR count). The molecule has 2 heterocycles. The molecule has 96 valence electrons. The van der Waals surface area contributed by atoms with Crippen LogP contribution in [-0.4, -0.2) is 36.4 Å². The Labute approximate surface area is 114 Å². The predicted molar refractivity (Wildman–Crippen MR) is 72.9 cm³/mol. The van der Waals surface area contributed by atoms with Crippen LogP contribution in [0.25, 0.3) is 0 Å². The molecular formula is C11H14N4OS2. The number of hydrogen-bond acceptors (Lipinski definition) is 5. The highest BCUT2D eigenvalue weighted by atomic mass is 32.2. The van der Waals surface area contributed by atoms with Crippen molar-refractivity contribution < 1.29 is 4.79 Å². The van der Waals surface area contributed by atoms with Gasteiger partial charge < -0.3 is 9.13 Å². The topological polar surface area (TPSA) is 52.7 Å². The normalized spacial score (nSPS) is 10.8. The van der Waals surface area contributed by atoms with E-state index in [4.69, 9.17) is 0 Å². The third kappa shape index (κ3) is 3.39. The van der Waals surface area contributed by atoms with Gasteiger partial charge in [0.15, 0.2) is 16.1 Å². The third-order valence-corrected chi connectivity index (χ3v) is 4.51. The molecule has 0 saturated carbocycles. The van der Waals surface area contributed by atoms with Crippen molar-refractivity contribution in [1.29, 1.82) is 0 Å². The largest absolute Gasteiger partial charge is 0.329 e. The summed E-state index contributed by atoms with van der Waals surface area (Å²) in [5, 5.41) is 1.73. The van der Waals surface area contributed by atoms with E-state index in [1.807, 2.05) is 35.6 Å². The van der Waals surface area contributed by atoms with Crippen LogP contribution in [0.15, 0.2) is 35.1 Å². The van der Waals surface area contributed by atoms with Gasteiger partial charge in [0.25, 0.3) is 0 Å². The zero-order valence-corrected chi connectivity index (χ0v) is 11.9. The van der Waals surface area contributed by atoms with Crippen LogP contribution in [0.1, 0.15) is 0 Å². The average molecular weight is 282 g/mol. The van der Waals surface area contributed by atoms with E-state index in [0.717, 1.165) is 10.3 Å². The second kappa shape index (κ2) is 6.10. The monoisotopic (exact) mass is 282 g/mol. The van der Waals surface area contributed by atoms with Gasteiger partial charge in [-0.25, -0.2) is 9.97 Å². The number of thioether (sulfide) groups is 2. The summed E-state index contributed by atoms with van der Waals surface area (Å²) in [5.74, 6) is 1.08. The molecule has 0 N–H and O–H groups in total. The highest BCUT2D eigenvalue weighted by Crippen LogP contribution is 2.18. The lowest BCUT2D eigenvalue weighted by atomic mass is 10.5. The number of imidazole rings is 2. The average Bonchev–Trinajstić information content (AvgIpc) is 2.93. The molecule has 0 aromatic carbocycles. The van der Waals surface area contributed by atoms with Crippen LogP contribution in [0.3, 0.4) is 0 Å². The molecule has 0 bridgehead atoms. The van der Waals surface area contributed by atoms with Crippen molar-refractivity contribution in [3.8, 4) is 0 Å². The molecule has 0 atom stereocenters. The summed E-state index contributed by atoms with van der Waals surface area (Å²) in [4.78, 5) is 20.1. The molecule has 0 aliphatic rings. The lowest BCUT2D eigenvalue weighted by molar-refractivity contribution is -0.114. The molecule has 0 spiro atoms. The summed E-state index contributed by atoms with van der Waals surface area (Å²) in [6.45, 7) is 0. The van der Waals surface area contributed by atoms with E-state index in [2.05, 4.69) is 9.97 Å². The van der Waals surface area contributed by atoms with Gasteiger partial charge in [0.05, 0.1) is 11.5 Å². The zero-order chi connectivity index (χ0) is 13.0. The Morgan fingerprint density at radius 1 is 1.06 bits per heavy atom. The number of Topliss-reactive ketones (excluding diaryl/α,β-unsaturated/α-hetero) is 1. The summed E-state index contributed by atoms with van der Waals surface area (Å²) >= 11 is 2.93. The smallest absolute Gasteiger partial charge is 0.168 e. The summed E-state index contributed by atoms with van der Waals surface area (Å²) < 4.78 is 3.81. The minimum Gasteiger partial charge on any atom is -0.329 e. The highest BCUT2D eigenvalue weighted by Gasteiger charge is 2.08. The molecule has 0 saturated heterocycles. The number of aryl methyl sites for hydroxylation is 2. The third-order valence-electron chi connectivity index (χ3n) is 2.28. The molecule has 0 radical (unpaired) electrons. The van der Waals surface area contributed by atoms with Gasteiger partial charge in [0, 0.05) is 38.9 Å². The maximum Gasteiger partial charge on any atom is 0.168 e. The lowest BCUT2D eigenvalue weighted by Crippen LogP contribution is -2.06. The number of aromatic nitrogens is 4. The Hall–Kier alpha value is -1.21. The first-order valence-electron chi connectivity index (χ1n) is 5.39. The Morgan fingerprint density at radius 2 is 1.50 bits per heavy atom. The quantitative estimate of drug-likeness (QED) is 0.753. The number of rotatable bonds is 6. The van der Waals surface area contributed by atoms with Crippen molar-refractivity contribution in [3.63, 3.8) is 0 Å². The predicted octanol–water partition coefficient (Wildman–Crippen LogP) is 1.61. The Kier molecular flexibility index (Phi) is 4.48. The van der Waals surface area contributed by atoms with Gasteiger partial charge in [-0.05, 0) is 0 Å². The van der Waals surface area contributed by atoms with Gasteiger partial charge >= 0.3 is 0 Å². The zero-order valence-electron chi connectivity index (χ0n) is 10.2. The molecule has 2 aromatic heterocycles. The summed E-state index contributed by atoms with van der Waals surface area (Å²) in [6, 6.07) is 0. The molecule has 2 aromatic rings. The maximum absolute atomic E-state index is 11.7. The Balaban J connectivity index is 1.76. The van der Waals surface area contributed by atoms with E-state index in [9.17, 15) is 4.79 Å². The van der Waals surface area contributed by atoms with Crippen molar-refractivity contribution in [3.05, 3.63) is 24.8 Å². The molecule has 0 aliphatic heterocycles. The summed E-state index contributed by atoms with van der Waals surface area (Å²) in [5.41, 5.74) is 0. The van der Waals surface area contributed by atoms with E-state index in [0.29, 0.717) is 11.5 Å². The van der Waals surface area contributed by atoms with Gasteiger partial charge in [-0.1, -0.05) is 23.5 Å². The van der Waals surface area contributed by atoms with Crippen LogP contribution in [0.5, 0.6) is 0 Å². The second-order valence-electron chi connectivity index (χ2n) is 3.76. The van der Waals surface area contributed by atoms with Crippen LogP contribution in [0.2, 0.25) is 0 Å². The van der Waals surface area contributed by atoms with Crippen LogP contribution >= 0.6 is 23.5 Å². The standard InChI is InChI=1S/C11H14N4OS2/c1-14-5-3-12-10(14)17-7-9(16)8-18-11-13-4-6-15(11)2/h3-6H,7-8H2,1-2H3. The van der Waals surface area contributed by atoms with Crippen LogP contribution in [0.4, 0.5) is 0 Å². The van der Waals surface area contributed by atoms with Crippen LogP contribution in [-0.2, 0) is 18.9 Å². The number of carbonyl (C=O) groups is 1. The van der Waals surface area contributed by atoms with E-state index in [1.165, 1.54) is 23.5 Å². The Morgan fingerprint density at radius 3 is 1.83 bits per heavy atom. The number of ketones is 1. The van der Waals surface area contributed by atoms with E-state index in [1.54, 1.807) is 12.4 Å². The van der Waals surface area contributed by atoms with E-state index < -0.39 is 0 Å². The first-order valence-corrected chi connectivity index (χ1v) is 7.36. The van der Waals surface area contributed by atoms with Crippen LogP contribution < -0.4 is 0 Å². The molecule has 0 amide bonds. The minimum atomic E-state index is 0.191. The molecular weight excluding hydrogens is 268 g/mol. The van der Waals surface area contributed by atoms with Gasteiger partial charge in [-0.2, -0.15) is 0 Å². The van der Waals surface area contributed by atoms with E-state index >= 15 is 0 Å². The summed E-state index contributed by atoms with van der Waals surface area (Å²) in [7, 11) is 3.84. The molecule has 0 fully saturated rings. The van der Waals surface area contributed by atoms with Gasteiger partial charge in [0.1, 0.15) is 0 Å². The van der Waals surface area contributed by atoms with Crippen molar-refractivity contribution in [2.75, 3.05) is 11.5 Å². The fraction of sp³-hybridized carbons (Fsp3) is 0.364. The fourth-order valence-electron chi connectivity index (χ4n) is 1.31. The fourth-order valence-corrected chi connectivity index (χ4v) is 3.03. The highest BCUT2D eigenvalue weighted by molar-refractivity contribution is 8.01. The van der Waals surface area contributed by atoms with Gasteiger partial charge in [0.2, 0.25) is 0 Å². The first kappa shape index (κ1) is 13.2. The van der Waals surface area contributed by atoms with Crippen molar-refractivity contribution in [2.45, 2.75) is 10.3 Å². The van der Waals surface area contributed by atoms with E-state index in [-0.39, 0.29) is 5.78 Å².